The fraction of sp³-hybridized carbons (Fsp3) is 0.409. The van der Waals surface area contributed by atoms with Crippen LogP contribution < -0.4 is 9.47 Å². The highest BCUT2D eigenvalue weighted by atomic mass is 32.1. The number of hydrogen-bond donors (Lipinski definition) is 0. The van der Waals surface area contributed by atoms with Gasteiger partial charge in [0.25, 0.3) is 5.91 Å². The van der Waals surface area contributed by atoms with Crippen LogP contribution in [0.1, 0.15) is 47.7 Å². The van der Waals surface area contributed by atoms with Crippen LogP contribution in [0.3, 0.4) is 0 Å². The lowest BCUT2D eigenvalue weighted by Gasteiger charge is -2.34. The predicted molar refractivity (Wildman–Crippen MR) is 112 cm³/mol. The number of benzene rings is 1. The molecule has 0 unspecified atom stereocenters. The number of amides is 1. The van der Waals surface area contributed by atoms with E-state index in [0.29, 0.717) is 30.4 Å². The first-order chi connectivity index (χ1) is 14.8. The molecule has 8 heteroatoms. The van der Waals surface area contributed by atoms with Gasteiger partial charge >= 0.3 is 0 Å². The summed E-state index contributed by atoms with van der Waals surface area (Å²) >= 11 is 1.49. The topological polar surface area (TPSA) is 77.7 Å². The number of rotatable bonds is 6. The lowest BCUT2D eigenvalue weighted by Crippen LogP contribution is -2.42. The van der Waals surface area contributed by atoms with Crippen LogP contribution in [0.25, 0.3) is 11.4 Å². The summed E-state index contributed by atoms with van der Waals surface area (Å²) in [6.45, 7) is 0.801. The number of aromatic nitrogens is 2. The molecule has 0 bridgehead atoms. The first kappa shape index (κ1) is 19.1. The molecule has 30 heavy (non-hydrogen) atoms. The van der Waals surface area contributed by atoms with Gasteiger partial charge in [0.1, 0.15) is 0 Å². The van der Waals surface area contributed by atoms with Crippen molar-refractivity contribution < 1.29 is 18.8 Å². The Balaban J connectivity index is 1.30. The fourth-order valence-electron chi connectivity index (χ4n) is 4.11. The summed E-state index contributed by atoms with van der Waals surface area (Å²) in [6, 6.07) is 9.69. The summed E-state index contributed by atoms with van der Waals surface area (Å²) in [5, 5.41) is 6.06. The van der Waals surface area contributed by atoms with E-state index in [4.69, 9.17) is 14.0 Å². The maximum Gasteiger partial charge on any atom is 0.264 e. The van der Waals surface area contributed by atoms with E-state index in [1.807, 2.05) is 40.6 Å². The van der Waals surface area contributed by atoms with E-state index in [0.717, 1.165) is 29.0 Å². The van der Waals surface area contributed by atoms with Crippen molar-refractivity contribution in [2.75, 3.05) is 13.3 Å². The monoisotopic (exact) mass is 425 g/mol. The summed E-state index contributed by atoms with van der Waals surface area (Å²) < 4.78 is 16.2. The summed E-state index contributed by atoms with van der Waals surface area (Å²) in [5.41, 5.74) is 0.813. The second-order valence-electron chi connectivity index (χ2n) is 7.60. The summed E-state index contributed by atoms with van der Waals surface area (Å²) in [5.74, 6) is 2.55. The third-order valence-corrected chi connectivity index (χ3v) is 6.53. The van der Waals surface area contributed by atoms with Crippen molar-refractivity contribution in [1.82, 2.24) is 15.0 Å². The molecule has 1 saturated carbocycles. The van der Waals surface area contributed by atoms with Gasteiger partial charge in [-0.15, -0.1) is 11.3 Å². The molecule has 2 aromatic heterocycles. The fourth-order valence-corrected chi connectivity index (χ4v) is 4.79. The molecule has 1 amide bonds. The van der Waals surface area contributed by atoms with Crippen LogP contribution in [-0.2, 0) is 6.42 Å². The van der Waals surface area contributed by atoms with Gasteiger partial charge in [-0.1, -0.05) is 30.5 Å². The molecule has 1 aliphatic heterocycles. The van der Waals surface area contributed by atoms with Crippen LogP contribution in [0.5, 0.6) is 11.5 Å². The Morgan fingerprint density at radius 1 is 1.13 bits per heavy atom. The van der Waals surface area contributed by atoms with Crippen LogP contribution in [-0.4, -0.2) is 40.3 Å². The van der Waals surface area contributed by atoms with Gasteiger partial charge < -0.3 is 18.9 Å². The van der Waals surface area contributed by atoms with E-state index in [1.54, 1.807) is 0 Å². The minimum Gasteiger partial charge on any atom is -0.454 e. The largest absolute Gasteiger partial charge is 0.454 e. The van der Waals surface area contributed by atoms with Crippen molar-refractivity contribution >= 4 is 17.2 Å². The van der Waals surface area contributed by atoms with Crippen LogP contribution in [0.4, 0.5) is 0 Å². The van der Waals surface area contributed by atoms with Crippen molar-refractivity contribution in [1.29, 1.82) is 0 Å². The Kier molecular flexibility index (Phi) is 5.40. The first-order valence-electron chi connectivity index (χ1n) is 10.3. The number of carbonyl (C=O) groups excluding carboxylic acids is 1. The zero-order valence-electron chi connectivity index (χ0n) is 16.6. The molecule has 1 fully saturated rings. The molecule has 3 heterocycles. The Labute approximate surface area is 178 Å². The molecule has 1 aromatic carbocycles. The molecular formula is C22H23N3O4S. The second kappa shape index (κ2) is 8.47. The van der Waals surface area contributed by atoms with Crippen LogP contribution in [0.15, 0.2) is 40.2 Å². The quantitative estimate of drug-likeness (QED) is 0.577. The average molecular weight is 426 g/mol. The van der Waals surface area contributed by atoms with Gasteiger partial charge in [-0.25, -0.2) is 0 Å². The Hall–Kier alpha value is -2.87. The number of nitrogens with zero attached hydrogens (tertiary/aromatic N) is 3. The number of hydrogen-bond acceptors (Lipinski definition) is 7. The van der Waals surface area contributed by atoms with Crippen LogP contribution in [0, 0.1) is 0 Å². The molecule has 0 radical (unpaired) electrons. The van der Waals surface area contributed by atoms with Gasteiger partial charge in [0.2, 0.25) is 18.5 Å². The van der Waals surface area contributed by atoms with Crippen molar-refractivity contribution in [3.63, 3.8) is 0 Å². The van der Waals surface area contributed by atoms with Gasteiger partial charge in [-0.05, 0) is 42.5 Å². The Morgan fingerprint density at radius 2 is 2.00 bits per heavy atom. The molecular weight excluding hydrogens is 402 g/mol. The van der Waals surface area contributed by atoms with Crippen LogP contribution in [0.2, 0.25) is 0 Å². The van der Waals surface area contributed by atoms with Crippen LogP contribution >= 0.6 is 11.3 Å². The molecule has 5 rings (SSSR count). The van der Waals surface area contributed by atoms with E-state index in [1.165, 1.54) is 30.6 Å². The smallest absolute Gasteiger partial charge is 0.264 e. The zero-order valence-corrected chi connectivity index (χ0v) is 17.4. The van der Waals surface area contributed by atoms with E-state index >= 15 is 0 Å². The highest BCUT2D eigenvalue weighted by molar-refractivity contribution is 7.12. The van der Waals surface area contributed by atoms with Gasteiger partial charge in [0, 0.05) is 24.6 Å². The van der Waals surface area contributed by atoms with Gasteiger partial charge in [0.05, 0.1) is 4.88 Å². The number of carbonyl (C=O) groups is 1. The SMILES string of the molecule is O=C(c1cccs1)N(CCc1nc(-c2ccc3c(c2)OCO3)no1)C1CCCCC1. The Morgan fingerprint density at radius 3 is 2.83 bits per heavy atom. The molecule has 0 atom stereocenters. The molecule has 2 aliphatic rings. The highest BCUT2D eigenvalue weighted by Crippen LogP contribution is 2.35. The van der Waals surface area contributed by atoms with E-state index in [2.05, 4.69) is 10.1 Å². The number of fused-ring (bicyclic) bond motifs is 1. The third kappa shape index (κ3) is 3.92. The molecule has 1 aliphatic carbocycles. The van der Waals surface area contributed by atoms with Gasteiger partial charge in [-0.3, -0.25) is 4.79 Å². The predicted octanol–water partition coefficient (Wildman–Crippen LogP) is 4.54. The molecule has 0 saturated heterocycles. The maximum absolute atomic E-state index is 13.1. The minimum absolute atomic E-state index is 0.104. The van der Waals surface area contributed by atoms with Crippen molar-refractivity contribution in [2.24, 2.45) is 0 Å². The second-order valence-corrected chi connectivity index (χ2v) is 8.55. The van der Waals surface area contributed by atoms with E-state index in [9.17, 15) is 4.79 Å². The zero-order chi connectivity index (χ0) is 20.3. The average Bonchev–Trinajstić information content (AvgIpc) is 3.55. The van der Waals surface area contributed by atoms with Crippen molar-refractivity contribution in [2.45, 2.75) is 44.6 Å². The molecule has 156 valence electrons. The van der Waals surface area contributed by atoms with Gasteiger partial charge in [-0.2, -0.15) is 4.98 Å². The first-order valence-corrected chi connectivity index (χ1v) is 11.2. The highest BCUT2D eigenvalue weighted by Gasteiger charge is 2.27. The molecule has 0 N–H and O–H groups in total. The lowest BCUT2D eigenvalue weighted by molar-refractivity contribution is 0.0637. The van der Waals surface area contributed by atoms with Crippen molar-refractivity contribution in [3.8, 4) is 22.9 Å². The summed E-state index contributed by atoms with van der Waals surface area (Å²) in [7, 11) is 0. The van der Waals surface area contributed by atoms with Gasteiger partial charge in [0.15, 0.2) is 11.5 Å². The lowest BCUT2D eigenvalue weighted by atomic mass is 9.94. The molecule has 3 aromatic rings. The minimum atomic E-state index is 0.104. The van der Waals surface area contributed by atoms with E-state index < -0.39 is 0 Å². The summed E-state index contributed by atoms with van der Waals surface area (Å²) in [6.07, 6.45) is 6.25. The molecule has 0 spiro atoms. The summed E-state index contributed by atoms with van der Waals surface area (Å²) in [4.78, 5) is 20.4. The van der Waals surface area contributed by atoms with E-state index in [-0.39, 0.29) is 18.7 Å². The normalized spacial score (nSPS) is 16.0. The number of ether oxygens (including phenoxy) is 2. The van der Waals surface area contributed by atoms with Crippen molar-refractivity contribution in [3.05, 3.63) is 46.5 Å². The standard InChI is InChI=1S/C22H23N3O4S/c26-22(19-7-4-12-30-19)25(16-5-2-1-3-6-16)11-10-20-23-21(24-29-20)15-8-9-17-18(13-15)28-14-27-17/h4,7-9,12-13,16H,1-3,5-6,10-11,14H2. The third-order valence-electron chi connectivity index (χ3n) is 5.67. The number of thiophene rings is 1. The molecule has 7 nitrogen and oxygen atoms in total. The maximum atomic E-state index is 13.1. The Bertz CT molecular complexity index is 1010.